The van der Waals surface area contributed by atoms with E-state index in [0.29, 0.717) is 6.42 Å². The molecular formula is C13H11N3O. The number of hydrogen-bond acceptors (Lipinski definition) is 3. The topological polar surface area (TPSA) is 45.6 Å². The Morgan fingerprint density at radius 2 is 2.00 bits per heavy atom. The van der Waals surface area contributed by atoms with Crippen molar-refractivity contribution in [2.75, 3.05) is 7.05 Å². The summed E-state index contributed by atoms with van der Waals surface area (Å²) in [4.78, 5) is 15.9. The first-order valence-electron chi connectivity index (χ1n) is 5.44. The van der Waals surface area contributed by atoms with Crippen molar-refractivity contribution in [3.63, 3.8) is 0 Å². The van der Waals surface area contributed by atoms with Crippen LogP contribution in [-0.4, -0.2) is 28.7 Å². The number of rotatable bonds is 1. The quantitative estimate of drug-likeness (QED) is 0.742. The lowest BCUT2D eigenvalue weighted by Gasteiger charge is -2.01. The molecule has 0 fully saturated rings. The highest BCUT2D eigenvalue weighted by molar-refractivity contribution is 6.13. The van der Waals surface area contributed by atoms with Gasteiger partial charge in [0.05, 0.1) is 23.3 Å². The predicted octanol–water partition coefficient (Wildman–Crippen LogP) is 1.80. The number of benzene rings is 1. The van der Waals surface area contributed by atoms with Crippen molar-refractivity contribution in [2.24, 2.45) is 5.10 Å². The Hall–Kier alpha value is -2.23. The summed E-state index contributed by atoms with van der Waals surface area (Å²) in [6.07, 6.45) is 0.335. The standard InChI is InChI=1S/C13H11N3O/c1-16-13(17)8-12(15-16)11-7-6-9-4-2-3-5-10(9)14-11/h2-7H,8H2,1H3. The molecule has 17 heavy (non-hydrogen) atoms. The molecule has 0 N–H and O–H groups in total. The smallest absolute Gasteiger partial charge is 0.248 e. The van der Waals surface area contributed by atoms with Gasteiger partial charge in [-0.15, -0.1) is 0 Å². The third kappa shape index (κ3) is 1.67. The highest BCUT2D eigenvalue weighted by atomic mass is 16.2. The third-order valence-corrected chi connectivity index (χ3v) is 2.84. The summed E-state index contributed by atoms with van der Waals surface area (Å²) < 4.78 is 0. The summed E-state index contributed by atoms with van der Waals surface area (Å²) >= 11 is 0. The monoisotopic (exact) mass is 225 g/mol. The van der Waals surface area contributed by atoms with E-state index < -0.39 is 0 Å². The number of para-hydroxylation sites is 1. The number of pyridine rings is 1. The summed E-state index contributed by atoms with van der Waals surface area (Å²) in [5.41, 5.74) is 2.44. The first-order valence-corrected chi connectivity index (χ1v) is 5.44. The van der Waals surface area contributed by atoms with Gasteiger partial charge in [-0.2, -0.15) is 5.10 Å². The van der Waals surface area contributed by atoms with E-state index in [-0.39, 0.29) is 5.91 Å². The molecule has 3 rings (SSSR count). The van der Waals surface area contributed by atoms with E-state index in [9.17, 15) is 4.79 Å². The van der Waals surface area contributed by atoms with E-state index in [4.69, 9.17) is 0 Å². The highest BCUT2D eigenvalue weighted by Crippen LogP contribution is 2.16. The molecule has 0 unspecified atom stereocenters. The molecule has 0 saturated heterocycles. The average Bonchev–Trinajstić information content (AvgIpc) is 2.69. The zero-order valence-electron chi connectivity index (χ0n) is 9.42. The van der Waals surface area contributed by atoms with Crippen LogP contribution in [0.3, 0.4) is 0 Å². The molecular weight excluding hydrogens is 214 g/mol. The van der Waals surface area contributed by atoms with Crippen LogP contribution in [0.15, 0.2) is 41.5 Å². The Kier molecular flexibility index (Phi) is 2.14. The summed E-state index contributed by atoms with van der Waals surface area (Å²) in [6, 6.07) is 11.8. The Morgan fingerprint density at radius 1 is 1.18 bits per heavy atom. The Labute approximate surface area is 98.6 Å². The highest BCUT2D eigenvalue weighted by Gasteiger charge is 2.22. The van der Waals surface area contributed by atoms with Crippen LogP contribution in [0.5, 0.6) is 0 Å². The zero-order chi connectivity index (χ0) is 11.8. The van der Waals surface area contributed by atoms with Crippen molar-refractivity contribution in [1.82, 2.24) is 9.99 Å². The molecule has 1 amide bonds. The molecule has 0 saturated carbocycles. The second-order valence-corrected chi connectivity index (χ2v) is 4.03. The van der Waals surface area contributed by atoms with E-state index in [0.717, 1.165) is 22.3 Å². The van der Waals surface area contributed by atoms with Crippen molar-refractivity contribution >= 4 is 22.5 Å². The van der Waals surface area contributed by atoms with E-state index in [1.54, 1.807) is 7.05 Å². The van der Waals surface area contributed by atoms with Gasteiger partial charge in [-0.1, -0.05) is 24.3 Å². The normalized spacial score (nSPS) is 15.5. The zero-order valence-corrected chi connectivity index (χ0v) is 9.42. The van der Waals surface area contributed by atoms with Crippen LogP contribution >= 0.6 is 0 Å². The molecule has 0 bridgehead atoms. The maximum atomic E-state index is 11.4. The van der Waals surface area contributed by atoms with Crippen LogP contribution in [0.4, 0.5) is 0 Å². The fraction of sp³-hybridized carbons (Fsp3) is 0.154. The number of nitrogens with zero attached hydrogens (tertiary/aromatic N) is 3. The molecule has 0 aliphatic carbocycles. The maximum absolute atomic E-state index is 11.4. The lowest BCUT2D eigenvalue weighted by Crippen LogP contribution is -2.14. The van der Waals surface area contributed by atoms with Gasteiger partial charge in [-0.05, 0) is 12.1 Å². The van der Waals surface area contributed by atoms with Gasteiger partial charge in [0.25, 0.3) is 0 Å². The van der Waals surface area contributed by atoms with E-state index in [2.05, 4.69) is 10.1 Å². The molecule has 4 nitrogen and oxygen atoms in total. The number of hydrogen-bond donors (Lipinski definition) is 0. The van der Waals surface area contributed by atoms with Crippen LogP contribution in [0.25, 0.3) is 10.9 Å². The van der Waals surface area contributed by atoms with Gasteiger partial charge >= 0.3 is 0 Å². The minimum Gasteiger partial charge on any atom is -0.273 e. The number of amides is 1. The minimum atomic E-state index is 0.00922. The Bertz CT molecular complexity index is 633. The van der Waals surface area contributed by atoms with Crippen LogP contribution < -0.4 is 0 Å². The Morgan fingerprint density at radius 3 is 2.76 bits per heavy atom. The first kappa shape index (κ1) is 9.96. The Balaban J connectivity index is 2.07. The SMILES string of the molecule is CN1N=C(c2ccc3ccccc3n2)CC1=O. The predicted molar refractivity (Wildman–Crippen MR) is 65.7 cm³/mol. The van der Waals surface area contributed by atoms with Crippen molar-refractivity contribution in [3.8, 4) is 0 Å². The number of fused-ring (bicyclic) bond motifs is 1. The first-order chi connectivity index (χ1) is 8.24. The number of carbonyl (C=O) groups is 1. The van der Waals surface area contributed by atoms with Gasteiger partial charge in [0.1, 0.15) is 0 Å². The van der Waals surface area contributed by atoms with Gasteiger partial charge in [0.15, 0.2) is 0 Å². The lowest BCUT2D eigenvalue weighted by molar-refractivity contribution is -0.127. The molecule has 1 aliphatic rings. The molecule has 1 aliphatic heterocycles. The number of hydrazone groups is 1. The fourth-order valence-corrected chi connectivity index (χ4v) is 1.90. The molecule has 1 aromatic heterocycles. The lowest BCUT2D eigenvalue weighted by atomic mass is 10.1. The molecule has 0 spiro atoms. The van der Waals surface area contributed by atoms with Crippen molar-refractivity contribution in [3.05, 3.63) is 42.1 Å². The second-order valence-electron chi connectivity index (χ2n) is 4.03. The molecule has 0 radical (unpaired) electrons. The van der Waals surface area contributed by atoms with Crippen molar-refractivity contribution in [2.45, 2.75) is 6.42 Å². The maximum Gasteiger partial charge on any atom is 0.248 e. The molecule has 0 atom stereocenters. The minimum absolute atomic E-state index is 0.00922. The van der Waals surface area contributed by atoms with Gasteiger partial charge in [-0.25, -0.2) is 9.99 Å². The van der Waals surface area contributed by atoms with E-state index in [1.807, 2.05) is 36.4 Å². The molecule has 4 heteroatoms. The molecule has 2 aromatic rings. The fourth-order valence-electron chi connectivity index (χ4n) is 1.90. The molecule has 2 heterocycles. The van der Waals surface area contributed by atoms with E-state index in [1.165, 1.54) is 5.01 Å². The summed E-state index contributed by atoms with van der Waals surface area (Å²) in [5.74, 6) is 0.00922. The molecule has 84 valence electrons. The van der Waals surface area contributed by atoms with Crippen LogP contribution in [0.1, 0.15) is 12.1 Å². The third-order valence-electron chi connectivity index (χ3n) is 2.84. The van der Waals surface area contributed by atoms with Gasteiger partial charge in [0, 0.05) is 12.4 Å². The van der Waals surface area contributed by atoms with Gasteiger partial charge in [0.2, 0.25) is 5.91 Å². The van der Waals surface area contributed by atoms with Gasteiger partial charge in [-0.3, -0.25) is 4.79 Å². The average molecular weight is 225 g/mol. The number of aromatic nitrogens is 1. The largest absolute Gasteiger partial charge is 0.273 e. The second kappa shape index (κ2) is 3.66. The van der Waals surface area contributed by atoms with Crippen LogP contribution in [0.2, 0.25) is 0 Å². The summed E-state index contributed by atoms with van der Waals surface area (Å²) in [7, 11) is 1.66. The van der Waals surface area contributed by atoms with Gasteiger partial charge < -0.3 is 0 Å². The van der Waals surface area contributed by atoms with Crippen LogP contribution in [0, 0.1) is 0 Å². The van der Waals surface area contributed by atoms with Crippen LogP contribution in [-0.2, 0) is 4.79 Å². The number of carbonyl (C=O) groups excluding carboxylic acids is 1. The summed E-state index contributed by atoms with van der Waals surface area (Å²) in [6.45, 7) is 0. The van der Waals surface area contributed by atoms with Crippen molar-refractivity contribution in [1.29, 1.82) is 0 Å². The molecule has 1 aromatic carbocycles. The summed E-state index contributed by atoms with van der Waals surface area (Å²) in [5, 5.41) is 6.64. The van der Waals surface area contributed by atoms with E-state index >= 15 is 0 Å². The van der Waals surface area contributed by atoms with Crippen molar-refractivity contribution < 1.29 is 4.79 Å².